The summed E-state index contributed by atoms with van der Waals surface area (Å²) in [5, 5.41) is 0. The van der Waals surface area contributed by atoms with Crippen LogP contribution in [0.15, 0.2) is 58.5 Å². The third kappa shape index (κ3) is 5.42. The first-order valence-electron chi connectivity index (χ1n) is 5.76. The quantitative estimate of drug-likeness (QED) is 0.430. The highest BCUT2D eigenvalue weighted by atomic mass is 19.3. The van der Waals surface area contributed by atoms with E-state index in [1.807, 2.05) is 0 Å². The van der Waals surface area contributed by atoms with Crippen molar-refractivity contribution in [2.45, 2.75) is 26.2 Å². The van der Waals surface area contributed by atoms with E-state index >= 15 is 0 Å². The van der Waals surface area contributed by atoms with Gasteiger partial charge in [0.1, 0.15) is 11.5 Å². The zero-order chi connectivity index (χ0) is 14.3. The van der Waals surface area contributed by atoms with E-state index in [1.165, 1.54) is 18.5 Å². The van der Waals surface area contributed by atoms with Gasteiger partial charge in [-0.1, -0.05) is 18.7 Å². The molecule has 0 aromatic heterocycles. The minimum atomic E-state index is -2.95. The van der Waals surface area contributed by atoms with E-state index < -0.39 is 5.92 Å². The lowest BCUT2D eigenvalue weighted by atomic mass is 10.2. The molecule has 0 spiro atoms. The lowest BCUT2D eigenvalue weighted by Crippen LogP contribution is -2.12. The number of ether oxygens (including phenoxy) is 1. The highest BCUT2D eigenvalue weighted by molar-refractivity contribution is 5.84. The number of hydrogen-bond acceptors (Lipinski definition) is 3. The summed E-state index contributed by atoms with van der Waals surface area (Å²) in [5.41, 5.74) is -0.261. The van der Waals surface area contributed by atoms with E-state index in [9.17, 15) is 8.78 Å². The minimum Gasteiger partial charge on any atom is -0.442 e. The summed E-state index contributed by atoms with van der Waals surface area (Å²) in [6.07, 6.45) is 9.41. The fraction of sp³-hybridized carbons (Fsp3) is 0.286. The van der Waals surface area contributed by atoms with E-state index in [1.54, 1.807) is 25.2 Å². The average molecular weight is 266 g/mol. The first-order valence-corrected chi connectivity index (χ1v) is 5.76. The highest BCUT2D eigenvalue weighted by Crippen LogP contribution is 2.25. The molecule has 19 heavy (non-hydrogen) atoms. The highest BCUT2D eigenvalue weighted by Gasteiger charge is 2.27. The van der Waals surface area contributed by atoms with Gasteiger partial charge >= 0.3 is 0 Å². The van der Waals surface area contributed by atoms with E-state index in [0.717, 1.165) is 6.92 Å². The molecule has 0 N–H and O–H groups in total. The van der Waals surface area contributed by atoms with Gasteiger partial charge in [0, 0.05) is 20.0 Å². The first kappa shape index (κ1) is 15.0. The zero-order valence-corrected chi connectivity index (χ0v) is 10.9. The Labute approximate surface area is 111 Å². The van der Waals surface area contributed by atoms with Crippen LogP contribution in [0.25, 0.3) is 0 Å². The molecule has 0 radical (unpaired) electrons. The van der Waals surface area contributed by atoms with Crippen molar-refractivity contribution < 1.29 is 13.5 Å². The Balaban J connectivity index is 2.69. The molecular formula is C14H16F2N2O. The van der Waals surface area contributed by atoms with E-state index in [0.29, 0.717) is 18.1 Å². The van der Waals surface area contributed by atoms with Crippen molar-refractivity contribution in [3.8, 4) is 0 Å². The predicted octanol–water partition coefficient (Wildman–Crippen LogP) is 4.02. The molecule has 3 nitrogen and oxygen atoms in total. The summed E-state index contributed by atoms with van der Waals surface area (Å²) in [4.78, 5) is 7.71. The maximum absolute atomic E-state index is 13.1. The molecular weight excluding hydrogens is 250 g/mol. The van der Waals surface area contributed by atoms with Crippen LogP contribution in [-0.2, 0) is 4.74 Å². The molecule has 0 unspecified atom stereocenters. The van der Waals surface area contributed by atoms with E-state index in [-0.39, 0.29) is 5.70 Å². The summed E-state index contributed by atoms with van der Waals surface area (Å²) in [6, 6.07) is 0. The molecule has 0 aromatic carbocycles. The molecule has 0 aromatic rings. The summed E-state index contributed by atoms with van der Waals surface area (Å²) in [5.74, 6) is -2.17. The number of alkyl halides is 2. The van der Waals surface area contributed by atoms with Crippen molar-refractivity contribution in [1.29, 1.82) is 0 Å². The summed E-state index contributed by atoms with van der Waals surface area (Å²) < 4.78 is 31.6. The molecule has 1 rings (SSSR count). The molecule has 1 heterocycles. The van der Waals surface area contributed by atoms with Crippen LogP contribution in [-0.4, -0.2) is 18.0 Å². The second kappa shape index (κ2) is 6.78. The van der Waals surface area contributed by atoms with Crippen LogP contribution in [0.1, 0.15) is 20.3 Å². The average Bonchev–Trinajstić information content (AvgIpc) is 2.54. The Morgan fingerprint density at radius 3 is 2.89 bits per heavy atom. The molecule has 5 heteroatoms. The number of halogens is 2. The number of rotatable bonds is 4. The third-order valence-corrected chi connectivity index (χ3v) is 2.15. The van der Waals surface area contributed by atoms with Crippen molar-refractivity contribution in [1.82, 2.24) is 0 Å². The van der Waals surface area contributed by atoms with Crippen LogP contribution in [0, 0.1) is 0 Å². The second-order valence-electron chi connectivity index (χ2n) is 3.91. The molecule has 102 valence electrons. The number of hydrogen-bond donors (Lipinski definition) is 0. The Hall–Kier alpha value is -2.04. The summed E-state index contributed by atoms with van der Waals surface area (Å²) in [7, 11) is 0. The Morgan fingerprint density at radius 2 is 2.26 bits per heavy atom. The largest absolute Gasteiger partial charge is 0.442 e. The van der Waals surface area contributed by atoms with Crippen LogP contribution < -0.4 is 0 Å². The maximum atomic E-state index is 13.1. The van der Waals surface area contributed by atoms with Gasteiger partial charge in [0.25, 0.3) is 5.92 Å². The van der Waals surface area contributed by atoms with Crippen molar-refractivity contribution in [2.75, 3.05) is 0 Å². The van der Waals surface area contributed by atoms with Gasteiger partial charge in [-0.05, 0) is 18.6 Å². The lowest BCUT2D eigenvalue weighted by molar-refractivity contribution is 0.0620. The predicted molar refractivity (Wildman–Crippen MR) is 73.4 cm³/mol. The van der Waals surface area contributed by atoms with Crippen molar-refractivity contribution in [3.63, 3.8) is 0 Å². The van der Waals surface area contributed by atoms with E-state index in [2.05, 4.69) is 16.6 Å². The molecule has 0 aliphatic carbocycles. The number of allylic oxidation sites excluding steroid dienone is 6. The molecule has 0 atom stereocenters. The number of aliphatic imine (C=N–C) groups is 2. The topological polar surface area (TPSA) is 34.0 Å². The van der Waals surface area contributed by atoms with Gasteiger partial charge in [0.2, 0.25) is 0 Å². The van der Waals surface area contributed by atoms with Crippen LogP contribution in [0.4, 0.5) is 8.78 Å². The lowest BCUT2D eigenvalue weighted by Gasteiger charge is -2.09. The fourth-order valence-electron chi connectivity index (χ4n) is 1.29. The Kier molecular flexibility index (Phi) is 5.36. The second-order valence-corrected chi connectivity index (χ2v) is 3.91. The molecule has 0 amide bonds. The SMILES string of the molecule is C=C/C=C\N=C(/C)OC1=CCC=C(C(C)(F)F)N=C1. The molecule has 0 saturated heterocycles. The summed E-state index contributed by atoms with van der Waals surface area (Å²) in [6.45, 7) is 5.99. The van der Waals surface area contributed by atoms with Crippen LogP contribution in [0.5, 0.6) is 0 Å². The number of nitrogens with zero attached hydrogens (tertiary/aromatic N) is 2. The molecule has 0 bridgehead atoms. The van der Waals surface area contributed by atoms with Crippen molar-refractivity contribution in [2.24, 2.45) is 9.98 Å². The van der Waals surface area contributed by atoms with Gasteiger partial charge in [0.05, 0.1) is 6.21 Å². The molecule has 0 fully saturated rings. The first-order chi connectivity index (χ1) is 8.93. The zero-order valence-electron chi connectivity index (χ0n) is 10.9. The molecule has 1 aliphatic rings. The van der Waals surface area contributed by atoms with E-state index in [4.69, 9.17) is 4.74 Å². The third-order valence-electron chi connectivity index (χ3n) is 2.15. The normalized spacial score (nSPS) is 16.9. The van der Waals surface area contributed by atoms with Gasteiger partial charge in [-0.3, -0.25) is 4.99 Å². The van der Waals surface area contributed by atoms with Gasteiger partial charge < -0.3 is 4.74 Å². The van der Waals surface area contributed by atoms with Crippen LogP contribution >= 0.6 is 0 Å². The van der Waals surface area contributed by atoms with Crippen molar-refractivity contribution in [3.05, 3.63) is 48.5 Å². The maximum Gasteiger partial charge on any atom is 0.286 e. The Bertz CT molecular complexity index is 480. The van der Waals surface area contributed by atoms with Gasteiger partial charge in [0.15, 0.2) is 5.90 Å². The molecule has 0 saturated carbocycles. The minimum absolute atomic E-state index is 0.261. The fourth-order valence-corrected chi connectivity index (χ4v) is 1.29. The summed E-state index contributed by atoms with van der Waals surface area (Å²) >= 11 is 0. The molecule has 1 aliphatic heterocycles. The van der Waals surface area contributed by atoms with Crippen LogP contribution in [0.3, 0.4) is 0 Å². The van der Waals surface area contributed by atoms with Gasteiger partial charge in [-0.15, -0.1) is 0 Å². The van der Waals surface area contributed by atoms with Gasteiger partial charge in [-0.2, -0.15) is 8.78 Å². The monoisotopic (exact) mass is 266 g/mol. The standard InChI is InChI=1S/C14H16F2N2O/c1-4-5-9-17-11(2)19-12-7-6-8-13(18-10-12)14(3,15)16/h4-5,7-10H,1,6H2,2-3H3/b9-5-,17-11+. The van der Waals surface area contributed by atoms with Crippen LogP contribution in [0.2, 0.25) is 0 Å². The van der Waals surface area contributed by atoms with Gasteiger partial charge in [-0.25, -0.2) is 4.99 Å². The smallest absolute Gasteiger partial charge is 0.286 e. The van der Waals surface area contributed by atoms with Crippen molar-refractivity contribution >= 4 is 12.1 Å². The Morgan fingerprint density at radius 1 is 1.53 bits per heavy atom.